The van der Waals surface area contributed by atoms with Gasteiger partial charge in [0, 0.05) is 17.2 Å². The molecule has 0 saturated carbocycles. The summed E-state index contributed by atoms with van der Waals surface area (Å²) in [6, 6.07) is 1.62. The fourth-order valence-electron chi connectivity index (χ4n) is 1.40. The normalized spacial score (nSPS) is 10.9. The molecule has 0 fully saturated rings. The summed E-state index contributed by atoms with van der Waals surface area (Å²) in [6.45, 7) is 1.68. The van der Waals surface area contributed by atoms with Crippen LogP contribution in [0.25, 0.3) is 0 Å². The Labute approximate surface area is 97.6 Å². The Bertz CT molecular complexity index is 347. The second-order valence-corrected chi connectivity index (χ2v) is 4.61. The van der Waals surface area contributed by atoms with Crippen LogP contribution in [0.2, 0.25) is 0 Å². The van der Waals surface area contributed by atoms with Crippen molar-refractivity contribution in [3.8, 4) is 0 Å². The smallest absolute Gasteiger partial charge is 0.352 e. The van der Waals surface area contributed by atoms with Crippen molar-refractivity contribution in [3.05, 3.63) is 22.4 Å². The Kier molecular flexibility index (Phi) is 4.35. The van der Waals surface area contributed by atoms with Gasteiger partial charge in [-0.05, 0) is 49.1 Å². The number of hydrogen-bond donors (Lipinski definition) is 1. The molecule has 0 aliphatic carbocycles. The summed E-state index contributed by atoms with van der Waals surface area (Å²) >= 11 is 3.28. The van der Waals surface area contributed by atoms with Gasteiger partial charge in [0.2, 0.25) is 0 Å². The topological polar surface area (TPSA) is 45.5 Å². The standard InChI is InChI=1S/C10H15BrN2O2/c1-12(2)4-3-5-13-7-8(11)6-9(13)10(14)15/h6-7H,3-5H2,1-2H3,(H,14,15). The van der Waals surface area contributed by atoms with Crippen molar-refractivity contribution >= 4 is 21.9 Å². The van der Waals surface area contributed by atoms with Gasteiger partial charge in [-0.2, -0.15) is 0 Å². The van der Waals surface area contributed by atoms with E-state index in [2.05, 4.69) is 20.8 Å². The average molecular weight is 275 g/mol. The summed E-state index contributed by atoms with van der Waals surface area (Å²) in [6.07, 6.45) is 2.74. The number of halogens is 1. The maximum atomic E-state index is 10.9. The number of carboxylic acid groups (broad SMARTS) is 1. The molecule has 0 saturated heterocycles. The van der Waals surface area contributed by atoms with Crippen LogP contribution in [0.1, 0.15) is 16.9 Å². The first-order chi connectivity index (χ1) is 7.00. The second kappa shape index (κ2) is 5.32. The third-order valence-corrected chi connectivity index (χ3v) is 2.52. The van der Waals surface area contributed by atoms with Crippen molar-refractivity contribution in [1.82, 2.24) is 9.47 Å². The Balaban J connectivity index is 2.63. The molecule has 0 radical (unpaired) electrons. The number of aromatic carboxylic acids is 1. The van der Waals surface area contributed by atoms with E-state index in [1.165, 1.54) is 0 Å². The van der Waals surface area contributed by atoms with Gasteiger partial charge < -0.3 is 14.6 Å². The molecule has 5 heteroatoms. The molecule has 0 bridgehead atoms. The first-order valence-corrected chi connectivity index (χ1v) is 5.53. The first-order valence-electron chi connectivity index (χ1n) is 4.74. The molecular formula is C10H15BrN2O2. The lowest BCUT2D eigenvalue weighted by Crippen LogP contribution is -2.16. The van der Waals surface area contributed by atoms with Gasteiger partial charge in [0.05, 0.1) is 0 Å². The molecule has 0 spiro atoms. The zero-order chi connectivity index (χ0) is 11.4. The number of rotatable bonds is 5. The van der Waals surface area contributed by atoms with E-state index in [4.69, 9.17) is 5.11 Å². The van der Waals surface area contributed by atoms with Gasteiger partial charge in [0.25, 0.3) is 0 Å². The average Bonchev–Trinajstić information content (AvgIpc) is 2.46. The number of nitrogens with zero attached hydrogens (tertiary/aromatic N) is 2. The molecule has 1 heterocycles. The maximum absolute atomic E-state index is 10.9. The largest absolute Gasteiger partial charge is 0.477 e. The highest BCUT2D eigenvalue weighted by Gasteiger charge is 2.10. The van der Waals surface area contributed by atoms with Crippen molar-refractivity contribution in [3.63, 3.8) is 0 Å². The summed E-state index contributed by atoms with van der Waals surface area (Å²) < 4.78 is 2.57. The fraction of sp³-hybridized carbons (Fsp3) is 0.500. The highest BCUT2D eigenvalue weighted by molar-refractivity contribution is 9.10. The van der Waals surface area contributed by atoms with E-state index in [9.17, 15) is 4.79 Å². The van der Waals surface area contributed by atoms with Gasteiger partial charge in [-0.15, -0.1) is 0 Å². The Morgan fingerprint density at radius 1 is 1.60 bits per heavy atom. The molecule has 0 aliphatic heterocycles. The first kappa shape index (κ1) is 12.3. The highest BCUT2D eigenvalue weighted by Crippen LogP contribution is 2.15. The quantitative estimate of drug-likeness (QED) is 0.892. The van der Waals surface area contributed by atoms with Crippen LogP contribution < -0.4 is 0 Å². The van der Waals surface area contributed by atoms with Crippen LogP contribution in [-0.4, -0.2) is 41.2 Å². The number of carbonyl (C=O) groups is 1. The molecule has 1 aromatic heterocycles. The van der Waals surface area contributed by atoms with Crippen LogP contribution in [0.5, 0.6) is 0 Å². The molecule has 0 aromatic carbocycles. The van der Waals surface area contributed by atoms with E-state index in [1.807, 2.05) is 14.1 Å². The minimum atomic E-state index is -0.884. The van der Waals surface area contributed by atoms with Gasteiger partial charge in [0.1, 0.15) is 5.69 Å². The minimum absolute atomic E-state index is 0.334. The SMILES string of the molecule is CN(C)CCCn1cc(Br)cc1C(=O)O. The molecule has 0 aliphatic rings. The summed E-state index contributed by atoms with van der Waals surface area (Å²) in [5.74, 6) is -0.884. The molecule has 1 rings (SSSR count). The summed E-state index contributed by atoms with van der Waals surface area (Å²) in [4.78, 5) is 13.0. The van der Waals surface area contributed by atoms with E-state index in [-0.39, 0.29) is 0 Å². The van der Waals surface area contributed by atoms with E-state index >= 15 is 0 Å². The molecule has 0 amide bonds. The van der Waals surface area contributed by atoms with E-state index in [0.717, 1.165) is 24.0 Å². The molecule has 4 nitrogen and oxygen atoms in total. The molecular weight excluding hydrogens is 260 g/mol. The lowest BCUT2D eigenvalue weighted by atomic mass is 10.3. The molecule has 15 heavy (non-hydrogen) atoms. The van der Waals surface area contributed by atoms with Gasteiger partial charge in [-0.25, -0.2) is 4.79 Å². The third kappa shape index (κ3) is 3.68. The van der Waals surface area contributed by atoms with Crippen molar-refractivity contribution in [1.29, 1.82) is 0 Å². The number of aryl methyl sites for hydroxylation is 1. The molecule has 0 atom stereocenters. The van der Waals surface area contributed by atoms with Gasteiger partial charge >= 0.3 is 5.97 Å². The molecule has 1 N–H and O–H groups in total. The van der Waals surface area contributed by atoms with Crippen LogP contribution in [0, 0.1) is 0 Å². The number of aromatic nitrogens is 1. The molecule has 0 unspecified atom stereocenters. The van der Waals surface area contributed by atoms with Crippen molar-refractivity contribution in [2.75, 3.05) is 20.6 Å². The highest BCUT2D eigenvalue weighted by atomic mass is 79.9. The fourth-order valence-corrected chi connectivity index (χ4v) is 1.86. The zero-order valence-electron chi connectivity index (χ0n) is 8.90. The zero-order valence-corrected chi connectivity index (χ0v) is 10.5. The third-order valence-electron chi connectivity index (χ3n) is 2.09. The van der Waals surface area contributed by atoms with Crippen LogP contribution in [0.4, 0.5) is 0 Å². The van der Waals surface area contributed by atoms with Crippen molar-refractivity contribution in [2.45, 2.75) is 13.0 Å². The van der Waals surface area contributed by atoms with Gasteiger partial charge in [0.15, 0.2) is 0 Å². The van der Waals surface area contributed by atoms with E-state index < -0.39 is 5.97 Å². The lowest BCUT2D eigenvalue weighted by molar-refractivity contribution is 0.0685. The van der Waals surface area contributed by atoms with Crippen molar-refractivity contribution in [2.24, 2.45) is 0 Å². The summed E-state index contributed by atoms with van der Waals surface area (Å²) in [5.41, 5.74) is 0.334. The van der Waals surface area contributed by atoms with Crippen LogP contribution in [-0.2, 0) is 6.54 Å². The Morgan fingerprint density at radius 2 is 2.27 bits per heavy atom. The molecule has 84 valence electrons. The predicted octanol–water partition coefficient (Wildman–Crippen LogP) is 1.90. The second-order valence-electron chi connectivity index (χ2n) is 3.70. The van der Waals surface area contributed by atoms with Gasteiger partial charge in [-0.3, -0.25) is 0 Å². The number of hydrogen-bond acceptors (Lipinski definition) is 2. The lowest BCUT2D eigenvalue weighted by Gasteiger charge is -2.10. The van der Waals surface area contributed by atoms with Gasteiger partial charge in [-0.1, -0.05) is 0 Å². The Hall–Kier alpha value is -0.810. The monoisotopic (exact) mass is 274 g/mol. The Morgan fingerprint density at radius 3 is 2.80 bits per heavy atom. The van der Waals surface area contributed by atoms with Crippen LogP contribution in [0.15, 0.2) is 16.7 Å². The number of carboxylic acids is 1. The van der Waals surface area contributed by atoms with Crippen LogP contribution >= 0.6 is 15.9 Å². The maximum Gasteiger partial charge on any atom is 0.352 e. The minimum Gasteiger partial charge on any atom is -0.477 e. The van der Waals surface area contributed by atoms with E-state index in [0.29, 0.717) is 5.69 Å². The van der Waals surface area contributed by atoms with Crippen LogP contribution in [0.3, 0.4) is 0 Å². The summed E-state index contributed by atoms with van der Waals surface area (Å²) in [5, 5.41) is 8.94. The summed E-state index contributed by atoms with van der Waals surface area (Å²) in [7, 11) is 4.01. The molecule has 1 aromatic rings. The predicted molar refractivity (Wildman–Crippen MR) is 62.3 cm³/mol. The van der Waals surface area contributed by atoms with Crippen molar-refractivity contribution < 1.29 is 9.90 Å². The van der Waals surface area contributed by atoms with E-state index in [1.54, 1.807) is 16.8 Å².